The Kier molecular flexibility index (Phi) is 6.26. The molecule has 5 nitrogen and oxygen atoms in total. The van der Waals surface area contributed by atoms with Crippen molar-refractivity contribution in [1.82, 2.24) is 9.62 Å². The van der Waals surface area contributed by atoms with Crippen molar-refractivity contribution in [3.05, 3.63) is 65.0 Å². The molecular weight excluding hydrogens is 367 g/mol. The molecule has 1 heterocycles. The molecule has 0 radical (unpaired) electrons. The Bertz CT molecular complexity index is 894. The van der Waals surface area contributed by atoms with Gasteiger partial charge in [0.1, 0.15) is 5.82 Å². The molecule has 1 aliphatic rings. The van der Waals surface area contributed by atoms with E-state index in [0.29, 0.717) is 5.56 Å². The van der Waals surface area contributed by atoms with Crippen LogP contribution in [0.1, 0.15) is 29.5 Å². The molecule has 0 amide bonds. The molecule has 1 aliphatic heterocycles. The Hall–Kier alpha value is -1.80. The van der Waals surface area contributed by atoms with Crippen LogP contribution < -0.4 is 4.72 Å². The van der Waals surface area contributed by atoms with Gasteiger partial charge in [-0.2, -0.15) is 0 Å². The zero-order chi connectivity index (χ0) is 19.4. The van der Waals surface area contributed by atoms with Gasteiger partial charge in [-0.3, -0.25) is 4.90 Å². The molecule has 2 aromatic carbocycles. The highest BCUT2D eigenvalue weighted by Gasteiger charge is 2.20. The maximum atomic E-state index is 13.3. The number of aryl methyl sites for hydroxylation is 1. The monoisotopic (exact) mass is 392 g/mol. The van der Waals surface area contributed by atoms with Crippen molar-refractivity contribution in [3.8, 4) is 0 Å². The van der Waals surface area contributed by atoms with Crippen LogP contribution in [0.3, 0.4) is 0 Å². The lowest BCUT2D eigenvalue weighted by molar-refractivity contribution is 0.0791. The number of halogens is 1. The van der Waals surface area contributed by atoms with Gasteiger partial charge in [-0.15, -0.1) is 0 Å². The third kappa shape index (κ3) is 5.13. The van der Waals surface area contributed by atoms with E-state index in [9.17, 15) is 17.9 Å². The molecule has 1 fully saturated rings. The smallest absolute Gasteiger partial charge is 0.241 e. The van der Waals surface area contributed by atoms with Gasteiger partial charge < -0.3 is 5.11 Å². The molecule has 2 aromatic rings. The summed E-state index contributed by atoms with van der Waals surface area (Å²) in [7, 11) is -3.73. The Morgan fingerprint density at radius 3 is 2.48 bits per heavy atom. The minimum atomic E-state index is -3.73. The van der Waals surface area contributed by atoms with Crippen LogP contribution in [-0.4, -0.2) is 37.6 Å². The van der Waals surface area contributed by atoms with Gasteiger partial charge in [0.2, 0.25) is 10.0 Å². The van der Waals surface area contributed by atoms with Gasteiger partial charge in [0.05, 0.1) is 11.0 Å². The minimum absolute atomic E-state index is 0.0893. The zero-order valence-electron chi connectivity index (χ0n) is 15.4. The van der Waals surface area contributed by atoms with Gasteiger partial charge in [0, 0.05) is 26.2 Å². The van der Waals surface area contributed by atoms with Crippen molar-refractivity contribution in [3.63, 3.8) is 0 Å². The summed E-state index contributed by atoms with van der Waals surface area (Å²) in [5, 5.41) is 9.64. The normalized spacial score (nSPS) is 16.6. The second-order valence-corrected chi connectivity index (χ2v) is 8.75. The summed E-state index contributed by atoms with van der Waals surface area (Å²) in [4.78, 5) is 2.36. The van der Waals surface area contributed by atoms with E-state index in [2.05, 4.69) is 9.62 Å². The highest BCUT2D eigenvalue weighted by atomic mass is 32.2. The lowest BCUT2D eigenvalue weighted by atomic mass is 10.0. The fourth-order valence-electron chi connectivity index (χ4n) is 3.37. The average molecular weight is 392 g/mol. The summed E-state index contributed by atoms with van der Waals surface area (Å²) in [5.41, 5.74) is 2.35. The standard InChI is InChI=1S/C20H25FN2O3S/c1-15-12-18(21)6-7-20(15)27(25,26)22-13-16-4-2-3-5-17(16)14-23-10-8-19(24)9-11-23/h2-7,12,19,22,24H,8-11,13-14H2,1H3. The lowest BCUT2D eigenvalue weighted by Gasteiger charge is -2.30. The lowest BCUT2D eigenvalue weighted by Crippen LogP contribution is -2.35. The molecule has 0 aromatic heterocycles. The fraction of sp³-hybridized carbons (Fsp3) is 0.400. The molecule has 2 N–H and O–H groups in total. The first-order valence-corrected chi connectivity index (χ1v) is 10.6. The molecule has 0 saturated carbocycles. The molecule has 0 unspecified atom stereocenters. The van der Waals surface area contributed by atoms with E-state index < -0.39 is 15.8 Å². The summed E-state index contributed by atoms with van der Waals surface area (Å²) in [6, 6.07) is 11.4. The van der Waals surface area contributed by atoms with Crippen LogP contribution in [-0.2, 0) is 23.1 Å². The van der Waals surface area contributed by atoms with Gasteiger partial charge >= 0.3 is 0 Å². The van der Waals surface area contributed by atoms with Gasteiger partial charge in [0.25, 0.3) is 0 Å². The number of piperidine rings is 1. The molecule has 0 bridgehead atoms. The van der Waals surface area contributed by atoms with E-state index >= 15 is 0 Å². The molecule has 7 heteroatoms. The van der Waals surface area contributed by atoms with E-state index in [1.165, 1.54) is 12.1 Å². The van der Waals surface area contributed by atoms with Crippen LogP contribution in [0.5, 0.6) is 0 Å². The largest absolute Gasteiger partial charge is 0.393 e. The third-order valence-electron chi connectivity index (χ3n) is 4.95. The van der Waals surface area contributed by atoms with Crippen molar-refractivity contribution in [2.24, 2.45) is 0 Å². The maximum Gasteiger partial charge on any atom is 0.241 e. The number of hydrogen-bond acceptors (Lipinski definition) is 4. The molecule has 27 heavy (non-hydrogen) atoms. The fourth-order valence-corrected chi connectivity index (χ4v) is 4.60. The number of aliphatic hydroxyl groups excluding tert-OH is 1. The zero-order valence-corrected chi connectivity index (χ0v) is 16.2. The predicted octanol–water partition coefficient (Wildman–Crippen LogP) is 2.57. The van der Waals surface area contributed by atoms with Gasteiger partial charge in [-0.1, -0.05) is 24.3 Å². The van der Waals surface area contributed by atoms with Gasteiger partial charge in [-0.25, -0.2) is 17.5 Å². The van der Waals surface area contributed by atoms with Crippen LogP contribution in [0.25, 0.3) is 0 Å². The third-order valence-corrected chi connectivity index (χ3v) is 6.51. The number of nitrogens with zero attached hydrogens (tertiary/aromatic N) is 1. The second-order valence-electron chi connectivity index (χ2n) is 7.01. The number of rotatable bonds is 6. The van der Waals surface area contributed by atoms with Gasteiger partial charge in [-0.05, 0) is 54.7 Å². The molecule has 1 saturated heterocycles. The second kappa shape index (κ2) is 8.48. The Balaban J connectivity index is 1.70. The highest BCUT2D eigenvalue weighted by Crippen LogP contribution is 2.19. The summed E-state index contributed by atoms with van der Waals surface area (Å²) in [6.45, 7) is 4.13. The number of hydrogen-bond donors (Lipinski definition) is 2. The highest BCUT2D eigenvalue weighted by molar-refractivity contribution is 7.89. The van der Waals surface area contributed by atoms with Crippen molar-refractivity contribution in [1.29, 1.82) is 0 Å². The number of nitrogens with one attached hydrogen (secondary N) is 1. The van der Waals surface area contributed by atoms with Crippen LogP contribution in [0, 0.1) is 12.7 Å². The Morgan fingerprint density at radius 2 is 1.81 bits per heavy atom. The Labute approximate surface area is 159 Å². The summed E-state index contributed by atoms with van der Waals surface area (Å²) in [5.74, 6) is -0.455. The van der Waals surface area contributed by atoms with E-state index in [0.717, 1.165) is 49.7 Å². The van der Waals surface area contributed by atoms with Crippen molar-refractivity contribution >= 4 is 10.0 Å². The summed E-state index contributed by atoms with van der Waals surface area (Å²) >= 11 is 0. The van der Waals surface area contributed by atoms with Gasteiger partial charge in [0.15, 0.2) is 0 Å². The number of sulfonamides is 1. The number of likely N-dealkylation sites (tertiary alicyclic amines) is 1. The molecule has 3 rings (SSSR count). The topological polar surface area (TPSA) is 69.6 Å². The summed E-state index contributed by atoms with van der Waals surface area (Å²) in [6.07, 6.45) is 1.30. The van der Waals surface area contributed by atoms with Crippen molar-refractivity contribution < 1.29 is 17.9 Å². The van der Waals surface area contributed by atoms with E-state index in [4.69, 9.17) is 0 Å². The number of benzene rings is 2. The molecule has 0 atom stereocenters. The maximum absolute atomic E-state index is 13.3. The van der Waals surface area contributed by atoms with E-state index in [-0.39, 0.29) is 17.5 Å². The molecule has 0 spiro atoms. The first-order valence-electron chi connectivity index (χ1n) is 9.08. The SMILES string of the molecule is Cc1cc(F)ccc1S(=O)(=O)NCc1ccccc1CN1CCC(O)CC1. The molecular formula is C20H25FN2O3S. The molecule has 146 valence electrons. The number of aliphatic hydroxyl groups is 1. The Morgan fingerprint density at radius 1 is 1.15 bits per heavy atom. The van der Waals surface area contributed by atoms with E-state index in [1.807, 2.05) is 24.3 Å². The predicted molar refractivity (Wildman–Crippen MR) is 102 cm³/mol. The van der Waals surface area contributed by atoms with E-state index in [1.54, 1.807) is 6.92 Å². The average Bonchev–Trinajstić information content (AvgIpc) is 2.62. The van der Waals surface area contributed by atoms with Crippen molar-refractivity contribution in [2.45, 2.75) is 43.9 Å². The first kappa shape index (κ1) is 19.9. The molecule has 0 aliphatic carbocycles. The first-order chi connectivity index (χ1) is 12.8. The van der Waals surface area contributed by atoms with Crippen LogP contribution in [0.4, 0.5) is 4.39 Å². The van der Waals surface area contributed by atoms with Crippen LogP contribution in [0.15, 0.2) is 47.4 Å². The van der Waals surface area contributed by atoms with Crippen molar-refractivity contribution in [2.75, 3.05) is 13.1 Å². The summed E-state index contributed by atoms with van der Waals surface area (Å²) < 4.78 is 41.1. The minimum Gasteiger partial charge on any atom is -0.393 e. The van der Waals surface area contributed by atoms with Crippen LogP contribution >= 0.6 is 0 Å². The van der Waals surface area contributed by atoms with Crippen LogP contribution in [0.2, 0.25) is 0 Å². The quantitative estimate of drug-likeness (QED) is 0.793.